The fourth-order valence-corrected chi connectivity index (χ4v) is 5.47. The Morgan fingerprint density at radius 2 is 1.97 bits per heavy atom. The van der Waals surface area contributed by atoms with Gasteiger partial charge in [-0.1, -0.05) is 38.8 Å². The van der Waals surface area contributed by atoms with E-state index in [1.165, 1.54) is 6.42 Å². The summed E-state index contributed by atoms with van der Waals surface area (Å²) in [7, 11) is 0. The van der Waals surface area contributed by atoms with Crippen molar-refractivity contribution in [1.29, 1.82) is 0 Å². The van der Waals surface area contributed by atoms with Gasteiger partial charge in [0.05, 0.1) is 24.9 Å². The lowest BCUT2D eigenvalue weighted by Crippen LogP contribution is -2.65. The summed E-state index contributed by atoms with van der Waals surface area (Å²) in [6.07, 6.45) is 7.00. The summed E-state index contributed by atoms with van der Waals surface area (Å²) in [4.78, 5) is 29.5. The molecular formula is C28H35N3O4. The Morgan fingerprint density at radius 1 is 1.20 bits per heavy atom. The minimum absolute atomic E-state index is 0.0940. The largest absolute Gasteiger partial charge is 0.494 e. The SMILES string of the molecule is CCCOc1ccc(CN2C(=O)c3cc4occc4n3C[C@]2(C)C(=O)N[C@@H]2CCCC[C@@H]2C)cc1. The van der Waals surface area contributed by atoms with Crippen molar-refractivity contribution in [3.63, 3.8) is 0 Å². The minimum atomic E-state index is -1.04. The van der Waals surface area contributed by atoms with Gasteiger partial charge < -0.3 is 23.9 Å². The molecule has 35 heavy (non-hydrogen) atoms. The fourth-order valence-electron chi connectivity index (χ4n) is 5.47. The van der Waals surface area contributed by atoms with Gasteiger partial charge in [-0.15, -0.1) is 0 Å². The lowest BCUT2D eigenvalue weighted by atomic mass is 9.85. The molecule has 7 heteroatoms. The van der Waals surface area contributed by atoms with E-state index in [9.17, 15) is 9.59 Å². The van der Waals surface area contributed by atoms with E-state index in [0.717, 1.165) is 42.5 Å². The van der Waals surface area contributed by atoms with Crippen molar-refractivity contribution in [2.75, 3.05) is 6.61 Å². The summed E-state index contributed by atoms with van der Waals surface area (Å²) in [6, 6.07) is 11.6. The molecular weight excluding hydrogens is 442 g/mol. The molecule has 1 aromatic carbocycles. The molecule has 7 nitrogen and oxygen atoms in total. The van der Waals surface area contributed by atoms with E-state index in [4.69, 9.17) is 9.15 Å². The van der Waals surface area contributed by atoms with Gasteiger partial charge in [0.25, 0.3) is 5.91 Å². The molecule has 1 saturated carbocycles. The second-order valence-electron chi connectivity index (χ2n) is 10.3. The maximum atomic E-state index is 13.9. The van der Waals surface area contributed by atoms with E-state index in [1.54, 1.807) is 17.2 Å². The Balaban J connectivity index is 1.47. The van der Waals surface area contributed by atoms with Crippen molar-refractivity contribution in [2.45, 2.75) is 77.5 Å². The third-order valence-electron chi connectivity index (χ3n) is 7.70. The average molecular weight is 478 g/mol. The molecule has 3 heterocycles. The van der Waals surface area contributed by atoms with Crippen LogP contribution in [0.1, 0.15) is 68.9 Å². The van der Waals surface area contributed by atoms with Crippen LogP contribution in [0.15, 0.2) is 47.1 Å². The molecule has 2 aromatic heterocycles. The quantitative estimate of drug-likeness (QED) is 0.512. The van der Waals surface area contributed by atoms with Crippen molar-refractivity contribution in [1.82, 2.24) is 14.8 Å². The first-order chi connectivity index (χ1) is 16.9. The van der Waals surface area contributed by atoms with Crippen LogP contribution in [0, 0.1) is 5.92 Å². The van der Waals surface area contributed by atoms with Crippen LogP contribution in [0.2, 0.25) is 0 Å². The van der Waals surface area contributed by atoms with Gasteiger partial charge in [0.1, 0.15) is 17.0 Å². The zero-order chi connectivity index (χ0) is 24.6. The number of carbonyl (C=O) groups is 2. The van der Waals surface area contributed by atoms with Gasteiger partial charge >= 0.3 is 0 Å². The Kier molecular flexibility index (Phi) is 6.34. The molecule has 0 spiro atoms. The molecule has 0 radical (unpaired) electrons. The van der Waals surface area contributed by atoms with E-state index >= 15 is 0 Å². The van der Waals surface area contributed by atoms with Crippen LogP contribution in [-0.2, 0) is 17.9 Å². The number of nitrogens with zero attached hydrogens (tertiary/aromatic N) is 2. The second kappa shape index (κ2) is 9.44. The molecule has 1 aliphatic carbocycles. The topological polar surface area (TPSA) is 76.7 Å². The lowest BCUT2D eigenvalue weighted by molar-refractivity contribution is -0.134. The molecule has 186 valence electrons. The lowest BCUT2D eigenvalue weighted by Gasteiger charge is -2.45. The minimum Gasteiger partial charge on any atom is -0.494 e. The highest BCUT2D eigenvalue weighted by Gasteiger charge is 2.48. The highest BCUT2D eigenvalue weighted by molar-refractivity contribution is 6.02. The van der Waals surface area contributed by atoms with Crippen molar-refractivity contribution in [3.05, 3.63) is 53.9 Å². The molecule has 2 amide bonds. The van der Waals surface area contributed by atoms with E-state index in [1.807, 2.05) is 41.8 Å². The molecule has 0 unspecified atom stereocenters. The number of furan rings is 1. The van der Waals surface area contributed by atoms with E-state index in [2.05, 4.69) is 19.2 Å². The van der Waals surface area contributed by atoms with E-state index < -0.39 is 5.54 Å². The Labute approximate surface area is 206 Å². The van der Waals surface area contributed by atoms with E-state index in [0.29, 0.717) is 36.9 Å². The van der Waals surface area contributed by atoms with Crippen LogP contribution in [0.25, 0.3) is 11.1 Å². The number of nitrogens with one attached hydrogen (secondary N) is 1. The van der Waals surface area contributed by atoms with Gasteiger partial charge in [0, 0.05) is 24.7 Å². The van der Waals surface area contributed by atoms with Crippen molar-refractivity contribution >= 4 is 22.9 Å². The maximum Gasteiger partial charge on any atom is 0.271 e. The van der Waals surface area contributed by atoms with Gasteiger partial charge in [-0.05, 0) is 49.8 Å². The zero-order valence-corrected chi connectivity index (χ0v) is 20.9. The van der Waals surface area contributed by atoms with Gasteiger partial charge in [0.2, 0.25) is 5.91 Å². The van der Waals surface area contributed by atoms with Gasteiger partial charge in [-0.25, -0.2) is 0 Å². The summed E-state index contributed by atoms with van der Waals surface area (Å²) in [5, 5.41) is 3.32. The van der Waals surface area contributed by atoms with Crippen LogP contribution in [-0.4, -0.2) is 39.5 Å². The molecule has 0 bridgehead atoms. The summed E-state index contributed by atoms with van der Waals surface area (Å²) in [5.41, 5.74) is 1.98. The van der Waals surface area contributed by atoms with Gasteiger partial charge in [-0.3, -0.25) is 9.59 Å². The zero-order valence-electron chi connectivity index (χ0n) is 20.9. The number of aromatic nitrogens is 1. The first-order valence-electron chi connectivity index (χ1n) is 12.8. The first-order valence-corrected chi connectivity index (χ1v) is 12.8. The van der Waals surface area contributed by atoms with Crippen LogP contribution < -0.4 is 10.1 Å². The number of ether oxygens (including phenoxy) is 1. The summed E-state index contributed by atoms with van der Waals surface area (Å²) in [6.45, 7) is 7.55. The monoisotopic (exact) mass is 477 g/mol. The average Bonchev–Trinajstić information content (AvgIpc) is 3.45. The predicted molar refractivity (Wildman–Crippen MR) is 134 cm³/mol. The van der Waals surface area contributed by atoms with Crippen LogP contribution >= 0.6 is 0 Å². The molecule has 2 aliphatic rings. The normalized spacial score (nSPS) is 24.4. The molecule has 1 N–H and O–H groups in total. The molecule has 1 fully saturated rings. The Bertz CT molecular complexity index is 1210. The van der Waals surface area contributed by atoms with Crippen molar-refractivity contribution in [3.8, 4) is 5.75 Å². The number of hydrogen-bond donors (Lipinski definition) is 1. The summed E-state index contributed by atoms with van der Waals surface area (Å²) >= 11 is 0. The number of rotatable bonds is 7. The third-order valence-corrected chi connectivity index (χ3v) is 7.70. The second-order valence-corrected chi connectivity index (χ2v) is 10.3. The van der Waals surface area contributed by atoms with Gasteiger partial charge in [0.15, 0.2) is 5.58 Å². The molecule has 3 atom stereocenters. The van der Waals surface area contributed by atoms with Crippen LogP contribution in [0.3, 0.4) is 0 Å². The third kappa shape index (κ3) is 4.32. The smallest absolute Gasteiger partial charge is 0.271 e. The highest BCUT2D eigenvalue weighted by Crippen LogP contribution is 2.35. The number of benzene rings is 1. The number of fused-ring (bicyclic) bond motifs is 3. The summed E-state index contributed by atoms with van der Waals surface area (Å²) < 4.78 is 13.2. The van der Waals surface area contributed by atoms with Gasteiger partial charge in [-0.2, -0.15) is 0 Å². The molecule has 5 rings (SSSR count). The maximum absolute atomic E-state index is 13.9. The Hall–Kier alpha value is -3.22. The summed E-state index contributed by atoms with van der Waals surface area (Å²) in [5.74, 6) is 0.982. The highest BCUT2D eigenvalue weighted by atomic mass is 16.5. The number of carbonyl (C=O) groups excluding carboxylic acids is 2. The predicted octanol–water partition coefficient (Wildman–Crippen LogP) is 5.13. The number of amides is 2. The van der Waals surface area contributed by atoms with E-state index in [-0.39, 0.29) is 17.9 Å². The fraction of sp³-hybridized carbons (Fsp3) is 0.500. The van der Waals surface area contributed by atoms with Crippen LogP contribution in [0.4, 0.5) is 0 Å². The first kappa shape index (κ1) is 23.5. The Morgan fingerprint density at radius 3 is 2.71 bits per heavy atom. The molecule has 3 aromatic rings. The van der Waals surface area contributed by atoms with Crippen molar-refractivity contribution in [2.24, 2.45) is 5.92 Å². The molecule has 1 aliphatic heterocycles. The van der Waals surface area contributed by atoms with Crippen molar-refractivity contribution < 1.29 is 18.7 Å². The van der Waals surface area contributed by atoms with Crippen LogP contribution in [0.5, 0.6) is 5.75 Å². The molecule has 0 saturated heterocycles. The number of hydrogen-bond acceptors (Lipinski definition) is 4. The standard InChI is InChI=1S/C28H35N3O4/c1-4-14-34-21-11-9-20(10-12-21)17-31-26(32)24-16-25-23(13-15-35-25)30(24)18-28(31,3)27(33)29-22-8-6-5-7-19(22)2/h9-13,15-16,19,22H,4-8,14,17-18H2,1-3H3,(H,29,33)/t19-,22+,28+/m0/s1.